The lowest BCUT2D eigenvalue weighted by molar-refractivity contribution is -0.120. The van der Waals surface area contributed by atoms with Crippen LogP contribution in [0.5, 0.6) is 0 Å². The number of nitrogens with zero attached hydrogens (tertiary/aromatic N) is 2. The molecule has 156 valence electrons. The molecule has 3 aromatic rings. The molecule has 0 spiro atoms. The van der Waals surface area contributed by atoms with Crippen LogP contribution in [0.15, 0.2) is 69.1 Å². The van der Waals surface area contributed by atoms with Gasteiger partial charge in [0.05, 0.1) is 11.4 Å². The van der Waals surface area contributed by atoms with Crippen molar-refractivity contribution < 1.29 is 14.4 Å². The molecular weight excluding hydrogens is 504 g/mol. The number of benzene rings is 2. The van der Waals surface area contributed by atoms with Crippen molar-refractivity contribution in [3.8, 4) is 0 Å². The fraction of sp³-hybridized carbons (Fsp3) is 0.0476. The van der Waals surface area contributed by atoms with E-state index in [9.17, 15) is 14.4 Å². The molecule has 1 aromatic heterocycles. The molecule has 0 bridgehead atoms. The van der Waals surface area contributed by atoms with E-state index in [0.717, 1.165) is 15.1 Å². The molecule has 4 rings (SSSR count). The van der Waals surface area contributed by atoms with Gasteiger partial charge in [-0.3, -0.25) is 19.7 Å². The van der Waals surface area contributed by atoms with Gasteiger partial charge in [0, 0.05) is 21.1 Å². The second kappa shape index (κ2) is 8.62. The quantitative estimate of drug-likeness (QED) is 0.470. The lowest BCUT2D eigenvalue weighted by atomic mass is 10.2. The van der Waals surface area contributed by atoms with Crippen molar-refractivity contribution in [2.24, 2.45) is 0 Å². The second-order valence-electron chi connectivity index (χ2n) is 6.56. The molecule has 0 fully saturated rings. The average Bonchev–Trinajstić information content (AvgIpc) is 3.25. The van der Waals surface area contributed by atoms with Crippen LogP contribution >= 0.6 is 38.9 Å². The number of hydrogen-bond acceptors (Lipinski definition) is 6. The maximum atomic E-state index is 12.8. The molecular formula is C21H14BrClN4O3S. The number of nitrogens with one attached hydrogen (secondary N) is 2. The normalized spacial score (nSPS) is 13.7. The topological polar surface area (TPSA) is 91.4 Å². The first kappa shape index (κ1) is 21.2. The highest BCUT2D eigenvalue weighted by Crippen LogP contribution is 2.31. The summed E-state index contributed by atoms with van der Waals surface area (Å²) in [5.74, 6) is -1.46. The zero-order valence-electron chi connectivity index (χ0n) is 16.0. The highest BCUT2D eigenvalue weighted by atomic mass is 79.9. The minimum atomic E-state index is -0.605. The minimum absolute atomic E-state index is 0.0231. The van der Waals surface area contributed by atoms with Gasteiger partial charge in [-0.15, -0.1) is 11.3 Å². The van der Waals surface area contributed by atoms with Crippen molar-refractivity contribution in [1.29, 1.82) is 0 Å². The number of thiazole rings is 1. The van der Waals surface area contributed by atoms with Crippen LogP contribution in [-0.4, -0.2) is 22.7 Å². The number of aryl methyl sites for hydroxylation is 1. The molecule has 0 radical (unpaired) electrons. The Hall–Kier alpha value is -3.01. The Bertz CT molecular complexity index is 1220. The second-order valence-corrected chi connectivity index (χ2v) is 8.71. The Morgan fingerprint density at radius 1 is 1.06 bits per heavy atom. The lowest BCUT2D eigenvalue weighted by Crippen LogP contribution is -2.32. The molecule has 2 aromatic carbocycles. The van der Waals surface area contributed by atoms with E-state index in [1.165, 1.54) is 11.3 Å². The predicted octanol–water partition coefficient (Wildman–Crippen LogP) is 4.90. The van der Waals surface area contributed by atoms with Gasteiger partial charge in [-0.1, -0.05) is 27.5 Å². The van der Waals surface area contributed by atoms with Gasteiger partial charge in [0.15, 0.2) is 5.13 Å². The van der Waals surface area contributed by atoms with Crippen LogP contribution in [0.2, 0.25) is 0 Å². The lowest BCUT2D eigenvalue weighted by Gasteiger charge is -2.15. The number of rotatable bonds is 5. The van der Waals surface area contributed by atoms with Crippen LogP contribution in [0.3, 0.4) is 0 Å². The van der Waals surface area contributed by atoms with Gasteiger partial charge in [-0.25, -0.2) is 9.88 Å². The summed E-state index contributed by atoms with van der Waals surface area (Å²) in [6, 6.07) is 13.2. The Labute approximate surface area is 194 Å². The third-order valence-corrected chi connectivity index (χ3v) is 6.12. The van der Waals surface area contributed by atoms with Gasteiger partial charge in [0.25, 0.3) is 17.7 Å². The Morgan fingerprint density at radius 2 is 1.74 bits per heavy atom. The third kappa shape index (κ3) is 4.39. The van der Waals surface area contributed by atoms with E-state index >= 15 is 0 Å². The van der Waals surface area contributed by atoms with E-state index in [1.807, 2.05) is 12.3 Å². The average molecular weight is 518 g/mol. The van der Waals surface area contributed by atoms with Crippen LogP contribution < -0.4 is 15.5 Å². The number of hydrogen-bond donors (Lipinski definition) is 2. The Kier molecular flexibility index (Phi) is 5.90. The molecule has 2 N–H and O–H groups in total. The van der Waals surface area contributed by atoms with E-state index in [-0.39, 0.29) is 16.6 Å². The summed E-state index contributed by atoms with van der Waals surface area (Å²) in [4.78, 5) is 42.9. The van der Waals surface area contributed by atoms with E-state index < -0.39 is 11.8 Å². The summed E-state index contributed by atoms with van der Waals surface area (Å²) in [5.41, 5.74) is 2.15. The van der Waals surface area contributed by atoms with Gasteiger partial charge >= 0.3 is 0 Å². The molecule has 0 unspecified atom stereocenters. The number of aromatic nitrogens is 1. The molecule has 10 heteroatoms. The summed E-state index contributed by atoms with van der Waals surface area (Å²) in [5, 5.41) is 7.78. The van der Waals surface area contributed by atoms with Crippen LogP contribution in [0.1, 0.15) is 16.1 Å². The molecule has 3 amide bonds. The maximum Gasteiger partial charge on any atom is 0.283 e. The standard InChI is InChI=1S/C21H14BrClN4O3S/c1-11-10-31-21(24-11)26-18(28)12-2-6-14(7-3-12)25-17-16(23)19(29)27(20(17)30)15-8-4-13(22)5-9-15/h2-10,25H,1H3,(H,24,26,28). The number of imide groups is 1. The molecule has 0 saturated carbocycles. The van der Waals surface area contributed by atoms with Crippen molar-refractivity contribution in [3.05, 3.63) is 80.4 Å². The summed E-state index contributed by atoms with van der Waals surface area (Å²) >= 11 is 10.8. The van der Waals surface area contributed by atoms with E-state index in [1.54, 1.807) is 48.5 Å². The zero-order valence-corrected chi connectivity index (χ0v) is 19.1. The first-order valence-corrected chi connectivity index (χ1v) is 11.0. The smallest absolute Gasteiger partial charge is 0.283 e. The summed E-state index contributed by atoms with van der Waals surface area (Å²) in [6.45, 7) is 1.85. The monoisotopic (exact) mass is 516 g/mol. The number of amides is 3. The van der Waals surface area contributed by atoms with Crippen molar-refractivity contribution >= 4 is 73.1 Å². The molecule has 1 aliphatic rings. The fourth-order valence-electron chi connectivity index (χ4n) is 2.87. The number of carbonyl (C=O) groups excluding carboxylic acids is 3. The molecule has 31 heavy (non-hydrogen) atoms. The number of anilines is 3. The molecule has 0 aliphatic carbocycles. The Balaban J connectivity index is 1.48. The SMILES string of the molecule is Cc1csc(NC(=O)c2ccc(NC3=C(Cl)C(=O)N(c4ccc(Br)cc4)C3=O)cc2)n1. The van der Waals surface area contributed by atoms with Crippen LogP contribution in [0, 0.1) is 6.92 Å². The predicted molar refractivity (Wildman–Crippen MR) is 124 cm³/mol. The summed E-state index contributed by atoms with van der Waals surface area (Å²) < 4.78 is 0.821. The first-order chi connectivity index (χ1) is 14.8. The summed E-state index contributed by atoms with van der Waals surface area (Å²) in [6.07, 6.45) is 0. The Morgan fingerprint density at radius 3 is 2.35 bits per heavy atom. The van der Waals surface area contributed by atoms with Gasteiger partial charge in [-0.2, -0.15) is 0 Å². The van der Waals surface area contributed by atoms with Gasteiger partial charge < -0.3 is 5.32 Å². The minimum Gasteiger partial charge on any atom is -0.350 e. The van der Waals surface area contributed by atoms with Crippen molar-refractivity contribution in [3.63, 3.8) is 0 Å². The summed E-state index contributed by atoms with van der Waals surface area (Å²) in [7, 11) is 0. The van der Waals surface area contributed by atoms with Crippen LogP contribution in [-0.2, 0) is 9.59 Å². The molecule has 0 atom stereocenters. The highest BCUT2D eigenvalue weighted by molar-refractivity contribution is 9.10. The van der Waals surface area contributed by atoms with Crippen molar-refractivity contribution in [1.82, 2.24) is 4.98 Å². The number of halogens is 2. The van der Waals surface area contributed by atoms with E-state index in [2.05, 4.69) is 31.5 Å². The first-order valence-electron chi connectivity index (χ1n) is 8.98. The molecule has 0 saturated heterocycles. The van der Waals surface area contributed by atoms with Crippen LogP contribution in [0.4, 0.5) is 16.5 Å². The maximum absolute atomic E-state index is 12.8. The zero-order chi connectivity index (χ0) is 22.1. The molecule has 7 nitrogen and oxygen atoms in total. The molecule has 1 aliphatic heterocycles. The third-order valence-electron chi connectivity index (χ3n) is 4.37. The van der Waals surface area contributed by atoms with E-state index in [0.29, 0.717) is 22.1 Å². The van der Waals surface area contributed by atoms with Gasteiger partial charge in [0.2, 0.25) is 0 Å². The van der Waals surface area contributed by atoms with Gasteiger partial charge in [0.1, 0.15) is 10.7 Å². The largest absolute Gasteiger partial charge is 0.350 e. The fourth-order valence-corrected chi connectivity index (χ4v) is 4.03. The van der Waals surface area contributed by atoms with E-state index in [4.69, 9.17) is 11.6 Å². The number of carbonyl (C=O) groups is 3. The molecule has 2 heterocycles. The van der Waals surface area contributed by atoms with Crippen LogP contribution in [0.25, 0.3) is 0 Å². The van der Waals surface area contributed by atoms with Gasteiger partial charge in [-0.05, 0) is 55.5 Å². The van der Waals surface area contributed by atoms with Crippen molar-refractivity contribution in [2.75, 3.05) is 15.5 Å². The van der Waals surface area contributed by atoms with Crippen molar-refractivity contribution in [2.45, 2.75) is 6.92 Å². The highest BCUT2D eigenvalue weighted by Gasteiger charge is 2.38.